The van der Waals surface area contributed by atoms with E-state index in [1.807, 2.05) is 18.2 Å². The number of β-amino-alcohol motifs (C(OH)–C–C–N with tert-alkyl or cyclic N) is 1. The largest absolute Gasteiger partial charge is 0.391 e. The lowest BCUT2D eigenvalue weighted by molar-refractivity contribution is -0.117. The van der Waals surface area contributed by atoms with Gasteiger partial charge in [0.1, 0.15) is 0 Å². The Morgan fingerprint density at radius 2 is 1.75 bits per heavy atom. The molecule has 2 aliphatic rings. The maximum absolute atomic E-state index is 12.0. The molecule has 108 valence electrons. The normalized spacial score (nSPS) is 24.5. The van der Waals surface area contributed by atoms with E-state index in [9.17, 15) is 9.90 Å². The lowest BCUT2D eigenvalue weighted by atomic mass is 10.2. The van der Waals surface area contributed by atoms with Gasteiger partial charge in [-0.25, -0.2) is 0 Å². The fraction of sp³-hybridized carbons (Fsp3) is 0.533. The number of aliphatic hydroxyl groups excluding tert-OH is 1. The number of benzene rings is 1. The molecular weight excluding hydrogens is 254 g/mol. The lowest BCUT2D eigenvalue weighted by Gasteiger charge is -2.36. The SMILES string of the molecule is CN1CCN(c2ccccc2N2CC(O)CC2=O)CC1. The molecule has 0 radical (unpaired) electrons. The molecule has 20 heavy (non-hydrogen) atoms. The van der Waals surface area contributed by atoms with Crippen LogP contribution in [0.25, 0.3) is 0 Å². The number of likely N-dealkylation sites (N-methyl/N-ethyl adjacent to an activating group) is 1. The first kappa shape index (κ1) is 13.4. The number of aliphatic hydroxyl groups is 1. The van der Waals surface area contributed by atoms with Gasteiger partial charge in [-0.15, -0.1) is 0 Å². The maximum Gasteiger partial charge on any atom is 0.229 e. The van der Waals surface area contributed by atoms with Gasteiger partial charge in [0.15, 0.2) is 0 Å². The third-order valence-electron chi connectivity index (χ3n) is 4.12. The van der Waals surface area contributed by atoms with E-state index in [0.717, 1.165) is 37.6 Å². The van der Waals surface area contributed by atoms with Crippen LogP contribution in [-0.4, -0.2) is 61.8 Å². The molecular formula is C15H21N3O2. The third kappa shape index (κ3) is 2.51. The van der Waals surface area contributed by atoms with E-state index in [4.69, 9.17) is 0 Å². The van der Waals surface area contributed by atoms with Crippen molar-refractivity contribution in [2.24, 2.45) is 0 Å². The number of hydrogen-bond acceptors (Lipinski definition) is 4. The molecule has 0 aliphatic carbocycles. The molecule has 2 fully saturated rings. The van der Waals surface area contributed by atoms with E-state index in [-0.39, 0.29) is 12.3 Å². The summed E-state index contributed by atoms with van der Waals surface area (Å²) >= 11 is 0. The van der Waals surface area contributed by atoms with Crippen molar-refractivity contribution in [1.82, 2.24) is 4.90 Å². The topological polar surface area (TPSA) is 47.0 Å². The van der Waals surface area contributed by atoms with Gasteiger partial charge in [-0.3, -0.25) is 4.79 Å². The first-order valence-electron chi connectivity index (χ1n) is 7.16. The summed E-state index contributed by atoms with van der Waals surface area (Å²) in [6.45, 7) is 4.41. The molecule has 1 aromatic carbocycles. The van der Waals surface area contributed by atoms with Gasteiger partial charge in [-0.2, -0.15) is 0 Å². The summed E-state index contributed by atoms with van der Waals surface area (Å²) in [6.07, 6.45) is -0.306. The number of carbonyl (C=O) groups is 1. The number of rotatable bonds is 2. The van der Waals surface area contributed by atoms with Crippen LogP contribution < -0.4 is 9.80 Å². The van der Waals surface area contributed by atoms with Crippen molar-refractivity contribution in [1.29, 1.82) is 0 Å². The fourth-order valence-corrected chi connectivity index (χ4v) is 2.93. The molecule has 1 N–H and O–H groups in total. The average Bonchev–Trinajstić information content (AvgIpc) is 2.78. The molecule has 0 aromatic heterocycles. The zero-order valence-corrected chi connectivity index (χ0v) is 11.8. The second kappa shape index (κ2) is 5.42. The smallest absolute Gasteiger partial charge is 0.229 e. The van der Waals surface area contributed by atoms with Crippen molar-refractivity contribution < 1.29 is 9.90 Å². The van der Waals surface area contributed by atoms with E-state index in [1.165, 1.54) is 0 Å². The molecule has 0 saturated carbocycles. The highest BCUT2D eigenvalue weighted by molar-refractivity contribution is 5.99. The van der Waals surface area contributed by atoms with E-state index in [2.05, 4.69) is 22.9 Å². The number of hydrogen-bond donors (Lipinski definition) is 1. The Balaban J connectivity index is 1.87. The molecule has 1 aromatic rings. The molecule has 5 heteroatoms. The van der Waals surface area contributed by atoms with Crippen LogP contribution in [0.4, 0.5) is 11.4 Å². The number of carbonyl (C=O) groups excluding carboxylic acids is 1. The van der Waals surface area contributed by atoms with E-state index >= 15 is 0 Å². The van der Waals surface area contributed by atoms with Gasteiger partial charge in [-0.05, 0) is 19.2 Å². The van der Waals surface area contributed by atoms with Gasteiger partial charge < -0.3 is 19.8 Å². The zero-order valence-electron chi connectivity index (χ0n) is 11.8. The summed E-state index contributed by atoms with van der Waals surface area (Å²) in [5.74, 6) is 0.0130. The molecule has 3 rings (SSSR count). The highest BCUT2D eigenvalue weighted by atomic mass is 16.3. The van der Waals surface area contributed by atoms with Crippen molar-refractivity contribution in [2.45, 2.75) is 12.5 Å². The first-order valence-corrected chi connectivity index (χ1v) is 7.16. The average molecular weight is 275 g/mol. The predicted molar refractivity (Wildman–Crippen MR) is 79.1 cm³/mol. The number of anilines is 2. The minimum absolute atomic E-state index is 0.0130. The maximum atomic E-state index is 12.0. The Morgan fingerprint density at radius 1 is 1.10 bits per heavy atom. The Morgan fingerprint density at radius 3 is 2.35 bits per heavy atom. The van der Waals surface area contributed by atoms with Gasteiger partial charge >= 0.3 is 0 Å². The van der Waals surface area contributed by atoms with Crippen LogP contribution in [0.1, 0.15) is 6.42 Å². The summed E-state index contributed by atoms with van der Waals surface area (Å²) in [5.41, 5.74) is 2.03. The molecule has 1 unspecified atom stereocenters. The van der Waals surface area contributed by atoms with Crippen LogP contribution in [0.5, 0.6) is 0 Å². The van der Waals surface area contributed by atoms with Crippen LogP contribution in [0.15, 0.2) is 24.3 Å². The van der Waals surface area contributed by atoms with Crippen LogP contribution in [0, 0.1) is 0 Å². The zero-order chi connectivity index (χ0) is 14.1. The van der Waals surface area contributed by atoms with Crippen molar-refractivity contribution in [2.75, 3.05) is 49.6 Å². The van der Waals surface area contributed by atoms with E-state index in [1.54, 1.807) is 4.90 Å². The van der Waals surface area contributed by atoms with Crippen LogP contribution in [0.3, 0.4) is 0 Å². The van der Waals surface area contributed by atoms with Crippen molar-refractivity contribution >= 4 is 17.3 Å². The predicted octanol–water partition coefficient (Wildman–Crippen LogP) is 0.536. The van der Waals surface area contributed by atoms with Crippen molar-refractivity contribution in [3.8, 4) is 0 Å². The molecule has 2 heterocycles. The standard InChI is InChI=1S/C15H21N3O2/c1-16-6-8-17(9-7-16)13-4-2-3-5-14(13)18-11-12(19)10-15(18)20/h2-5,12,19H,6-11H2,1H3. The van der Waals surface area contributed by atoms with Gasteiger partial charge in [0.2, 0.25) is 5.91 Å². The molecule has 1 atom stereocenters. The Hall–Kier alpha value is -1.59. The lowest BCUT2D eigenvalue weighted by Crippen LogP contribution is -2.45. The summed E-state index contributed by atoms with van der Waals surface area (Å²) in [6, 6.07) is 8.00. The third-order valence-corrected chi connectivity index (χ3v) is 4.12. The van der Waals surface area contributed by atoms with Gasteiger partial charge in [-0.1, -0.05) is 12.1 Å². The quantitative estimate of drug-likeness (QED) is 0.855. The molecule has 2 aliphatic heterocycles. The summed E-state index contributed by atoms with van der Waals surface area (Å²) in [4.78, 5) is 18.4. The molecule has 1 amide bonds. The molecule has 2 saturated heterocycles. The summed E-state index contributed by atoms with van der Waals surface area (Å²) in [5, 5.41) is 9.68. The Bertz CT molecular complexity index is 498. The van der Waals surface area contributed by atoms with Crippen molar-refractivity contribution in [3.63, 3.8) is 0 Å². The van der Waals surface area contributed by atoms with Gasteiger partial charge in [0.05, 0.1) is 30.4 Å². The van der Waals surface area contributed by atoms with E-state index < -0.39 is 6.10 Å². The second-order valence-electron chi connectivity index (χ2n) is 5.64. The summed E-state index contributed by atoms with van der Waals surface area (Å²) in [7, 11) is 2.13. The number of para-hydroxylation sites is 2. The Labute approximate surface area is 119 Å². The van der Waals surface area contributed by atoms with Crippen LogP contribution in [-0.2, 0) is 4.79 Å². The number of amides is 1. The van der Waals surface area contributed by atoms with Crippen LogP contribution in [0.2, 0.25) is 0 Å². The van der Waals surface area contributed by atoms with Gasteiger partial charge in [0, 0.05) is 26.2 Å². The summed E-state index contributed by atoms with van der Waals surface area (Å²) < 4.78 is 0. The molecule has 0 bridgehead atoms. The highest BCUT2D eigenvalue weighted by Crippen LogP contribution is 2.32. The second-order valence-corrected chi connectivity index (χ2v) is 5.64. The van der Waals surface area contributed by atoms with Crippen molar-refractivity contribution in [3.05, 3.63) is 24.3 Å². The minimum Gasteiger partial charge on any atom is -0.391 e. The molecule has 0 spiro atoms. The number of nitrogens with zero attached hydrogens (tertiary/aromatic N) is 3. The first-order chi connectivity index (χ1) is 9.65. The number of piperazine rings is 1. The van der Waals surface area contributed by atoms with E-state index in [0.29, 0.717) is 6.54 Å². The fourth-order valence-electron chi connectivity index (χ4n) is 2.93. The monoisotopic (exact) mass is 275 g/mol. The van der Waals surface area contributed by atoms with Crippen LogP contribution >= 0.6 is 0 Å². The minimum atomic E-state index is -0.539. The Kier molecular flexibility index (Phi) is 3.63. The highest BCUT2D eigenvalue weighted by Gasteiger charge is 2.31. The molecule has 5 nitrogen and oxygen atoms in total. The van der Waals surface area contributed by atoms with Gasteiger partial charge in [0.25, 0.3) is 0 Å².